The van der Waals surface area contributed by atoms with Crippen LogP contribution in [0.5, 0.6) is 5.88 Å². The Balaban J connectivity index is 1.82. The number of ketones is 1. The number of nitrogen functional groups attached to an aromatic ring is 1. The smallest absolute Gasteiger partial charge is 0.235 e. The standard InChI is InChI=1S/C21H20FN5O2/c1-10-19-16(27-21(23)25-10)6-12(7-18(19)28)14-5-4-13(22)8-15(14)17-9-24-11(2)20(26-17)29-3/h4-5,8-9,12H,6-7H2,1-3H3,(H2,23,25,27). The Morgan fingerprint density at radius 2 is 1.93 bits per heavy atom. The maximum absolute atomic E-state index is 14.1. The number of aromatic nitrogens is 4. The Kier molecular flexibility index (Phi) is 4.70. The summed E-state index contributed by atoms with van der Waals surface area (Å²) in [7, 11) is 1.51. The van der Waals surface area contributed by atoms with Gasteiger partial charge in [0.05, 0.1) is 41.6 Å². The Labute approximate surface area is 167 Å². The van der Waals surface area contributed by atoms with Crippen LogP contribution in [-0.4, -0.2) is 32.8 Å². The number of halogens is 1. The van der Waals surface area contributed by atoms with Crippen LogP contribution in [-0.2, 0) is 6.42 Å². The van der Waals surface area contributed by atoms with Crippen molar-refractivity contribution in [1.82, 2.24) is 19.9 Å². The molecule has 0 amide bonds. The van der Waals surface area contributed by atoms with Crippen molar-refractivity contribution in [2.75, 3.05) is 12.8 Å². The van der Waals surface area contributed by atoms with Gasteiger partial charge >= 0.3 is 0 Å². The van der Waals surface area contributed by atoms with Crippen molar-refractivity contribution in [1.29, 1.82) is 0 Å². The molecule has 0 aliphatic heterocycles. The molecule has 0 saturated heterocycles. The third-order valence-corrected chi connectivity index (χ3v) is 5.17. The van der Waals surface area contributed by atoms with Crippen molar-refractivity contribution in [3.05, 3.63) is 58.4 Å². The van der Waals surface area contributed by atoms with Crippen LogP contribution in [0, 0.1) is 19.7 Å². The molecule has 0 saturated carbocycles. The van der Waals surface area contributed by atoms with Crippen molar-refractivity contribution >= 4 is 11.7 Å². The highest BCUT2D eigenvalue weighted by Crippen LogP contribution is 2.38. The second kappa shape index (κ2) is 7.20. The molecular formula is C21H20FN5O2. The minimum absolute atomic E-state index is 0.0448. The SMILES string of the molecule is COc1nc(-c2cc(F)ccc2C2CC(=O)c3c(C)nc(N)nc3C2)cnc1C. The molecule has 7 nitrogen and oxygen atoms in total. The quantitative estimate of drug-likeness (QED) is 0.729. The summed E-state index contributed by atoms with van der Waals surface area (Å²) >= 11 is 0. The van der Waals surface area contributed by atoms with Gasteiger partial charge in [-0.2, -0.15) is 0 Å². The lowest BCUT2D eigenvalue weighted by molar-refractivity contribution is 0.0962. The first kappa shape index (κ1) is 18.9. The lowest BCUT2D eigenvalue weighted by atomic mass is 9.79. The molecule has 1 atom stereocenters. The summed E-state index contributed by atoms with van der Waals surface area (Å²) in [6.07, 6.45) is 2.36. The van der Waals surface area contributed by atoms with Crippen LogP contribution in [0.25, 0.3) is 11.3 Å². The van der Waals surface area contributed by atoms with Crippen LogP contribution >= 0.6 is 0 Å². The Bertz CT molecular complexity index is 1130. The van der Waals surface area contributed by atoms with Crippen LogP contribution < -0.4 is 10.5 Å². The summed E-state index contributed by atoms with van der Waals surface area (Å²) < 4.78 is 19.4. The molecule has 1 aliphatic carbocycles. The normalized spacial score (nSPS) is 15.9. The molecule has 4 rings (SSSR count). The number of Topliss-reactive ketones (excluding diaryl/α,β-unsaturated/α-hetero) is 1. The number of carbonyl (C=O) groups is 1. The fraction of sp³-hybridized carbons (Fsp3) is 0.286. The highest BCUT2D eigenvalue weighted by atomic mass is 19.1. The van der Waals surface area contributed by atoms with Crippen molar-refractivity contribution in [3.63, 3.8) is 0 Å². The monoisotopic (exact) mass is 393 g/mol. The largest absolute Gasteiger partial charge is 0.480 e. The number of benzene rings is 1. The molecule has 29 heavy (non-hydrogen) atoms. The van der Waals surface area contributed by atoms with Crippen LogP contribution in [0.1, 0.15) is 45.3 Å². The minimum atomic E-state index is -0.393. The predicted molar refractivity (Wildman–Crippen MR) is 105 cm³/mol. The van der Waals surface area contributed by atoms with Gasteiger partial charge in [-0.3, -0.25) is 9.78 Å². The molecule has 0 fully saturated rings. The maximum atomic E-state index is 14.1. The van der Waals surface area contributed by atoms with E-state index in [4.69, 9.17) is 10.5 Å². The summed E-state index contributed by atoms with van der Waals surface area (Å²) in [5.41, 5.74) is 10.0. The summed E-state index contributed by atoms with van der Waals surface area (Å²) in [6.45, 7) is 3.54. The summed E-state index contributed by atoms with van der Waals surface area (Å²) in [4.78, 5) is 30.0. The summed E-state index contributed by atoms with van der Waals surface area (Å²) in [6, 6.07) is 4.49. The van der Waals surface area contributed by atoms with E-state index >= 15 is 0 Å². The van der Waals surface area contributed by atoms with Crippen molar-refractivity contribution in [2.24, 2.45) is 0 Å². The van der Waals surface area contributed by atoms with E-state index in [1.807, 2.05) is 0 Å². The maximum Gasteiger partial charge on any atom is 0.235 e. The van der Waals surface area contributed by atoms with Crippen LogP contribution in [0.4, 0.5) is 10.3 Å². The van der Waals surface area contributed by atoms with Gasteiger partial charge in [0, 0.05) is 12.0 Å². The number of hydrogen-bond acceptors (Lipinski definition) is 7. The van der Waals surface area contributed by atoms with Gasteiger partial charge in [0.25, 0.3) is 0 Å². The number of methoxy groups -OCH3 is 1. The van der Waals surface area contributed by atoms with E-state index in [0.29, 0.717) is 46.2 Å². The number of ether oxygens (including phenoxy) is 1. The molecule has 8 heteroatoms. The van der Waals surface area contributed by atoms with E-state index in [9.17, 15) is 9.18 Å². The molecule has 3 aromatic rings. The third-order valence-electron chi connectivity index (χ3n) is 5.17. The second-order valence-corrected chi connectivity index (χ2v) is 7.10. The van der Waals surface area contributed by atoms with Gasteiger partial charge in [-0.15, -0.1) is 0 Å². The highest BCUT2D eigenvalue weighted by Gasteiger charge is 2.31. The number of nitrogens with two attached hydrogens (primary N) is 1. The molecule has 148 valence electrons. The van der Waals surface area contributed by atoms with Gasteiger partial charge in [0.15, 0.2) is 5.78 Å². The summed E-state index contributed by atoms with van der Waals surface area (Å²) in [5.74, 6) is -0.109. The zero-order chi connectivity index (χ0) is 20.7. The van der Waals surface area contributed by atoms with Crippen molar-refractivity contribution in [3.8, 4) is 17.1 Å². The molecule has 2 heterocycles. The van der Waals surface area contributed by atoms with Gasteiger partial charge < -0.3 is 10.5 Å². The molecule has 0 radical (unpaired) electrons. The molecule has 2 aromatic heterocycles. The van der Waals surface area contributed by atoms with Crippen molar-refractivity contribution < 1.29 is 13.9 Å². The van der Waals surface area contributed by atoms with E-state index < -0.39 is 5.82 Å². The van der Waals surface area contributed by atoms with Gasteiger partial charge in [-0.25, -0.2) is 19.3 Å². The first-order chi connectivity index (χ1) is 13.9. The fourth-order valence-corrected chi connectivity index (χ4v) is 3.88. The fourth-order valence-electron chi connectivity index (χ4n) is 3.88. The number of carbonyl (C=O) groups excluding carboxylic acids is 1. The second-order valence-electron chi connectivity index (χ2n) is 7.10. The highest BCUT2D eigenvalue weighted by molar-refractivity contribution is 6.00. The number of rotatable bonds is 3. The van der Waals surface area contributed by atoms with Gasteiger partial charge in [0.1, 0.15) is 5.82 Å². The number of hydrogen-bond donors (Lipinski definition) is 1. The summed E-state index contributed by atoms with van der Waals surface area (Å²) in [5, 5.41) is 0. The van der Waals surface area contributed by atoms with E-state index in [0.717, 1.165) is 5.56 Å². The molecule has 2 N–H and O–H groups in total. The number of fused-ring (bicyclic) bond motifs is 1. The number of anilines is 1. The zero-order valence-electron chi connectivity index (χ0n) is 16.4. The molecule has 0 spiro atoms. The third kappa shape index (κ3) is 3.41. The van der Waals surface area contributed by atoms with Crippen LogP contribution in [0.15, 0.2) is 24.4 Å². The first-order valence-corrected chi connectivity index (χ1v) is 9.21. The molecule has 1 aromatic carbocycles. The van der Waals surface area contributed by atoms with Gasteiger partial charge in [-0.1, -0.05) is 6.07 Å². The van der Waals surface area contributed by atoms with Gasteiger partial charge in [0.2, 0.25) is 11.8 Å². The van der Waals surface area contributed by atoms with Gasteiger partial charge in [-0.05, 0) is 43.9 Å². The van der Waals surface area contributed by atoms with Crippen LogP contribution in [0.2, 0.25) is 0 Å². The van der Waals surface area contributed by atoms with E-state index in [2.05, 4.69) is 19.9 Å². The Hall–Kier alpha value is -3.42. The van der Waals surface area contributed by atoms with Crippen LogP contribution in [0.3, 0.4) is 0 Å². The Morgan fingerprint density at radius 1 is 1.14 bits per heavy atom. The topological polar surface area (TPSA) is 104 Å². The molecule has 0 bridgehead atoms. The lowest BCUT2D eigenvalue weighted by Crippen LogP contribution is -2.23. The van der Waals surface area contributed by atoms with E-state index in [1.54, 1.807) is 26.1 Å². The minimum Gasteiger partial charge on any atom is -0.480 e. The average molecular weight is 393 g/mol. The number of nitrogens with zero attached hydrogens (tertiary/aromatic N) is 4. The molecule has 1 aliphatic rings. The first-order valence-electron chi connectivity index (χ1n) is 9.21. The van der Waals surface area contributed by atoms with Crippen molar-refractivity contribution in [2.45, 2.75) is 32.6 Å². The Morgan fingerprint density at radius 3 is 2.69 bits per heavy atom. The lowest BCUT2D eigenvalue weighted by Gasteiger charge is -2.26. The average Bonchev–Trinajstić information content (AvgIpc) is 2.67. The predicted octanol–water partition coefficient (Wildman–Crippen LogP) is 3.19. The molecular weight excluding hydrogens is 373 g/mol. The number of aryl methyl sites for hydroxylation is 2. The van der Waals surface area contributed by atoms with E-state index in [-0.39, 0.29) is 24.1 Å². The zero-order valence-corrected chi connectivity index (χ0v) is 16.4. The van der Waals surface area contributed by atoms with E-state index in [1.165, 1.54) is 19.2 Å². The molecule has 1 unspecified atom stereocenters.